The van der Waals surface area contributed by atoms with Crippen molar-refractivity contribution in [2.24, 2.45) is 0 Å². The summed E-state index contributed by atoms with van der Waals surface area (Å²) in [5.74, 6) is 3.19. The third-order valence-electron chi connectivity index (χ3n) is 4.00. The van der Waals surface area contributed by atoms with Crippen molar-refractivity contribution in [2.45, 2.75) is 13.5 Å². The van der Waals surface area contributed by atoms with Crippen LogP contribution in [0.1, 0.15) is 11.1 Å². The van der Waals surface area contributed by atoms with Gasteiger partial charge in [-0.05, 0) is 48.9 Å². The minimum atomic E-state index is 0.442. The Labute approximate surface area is 159 Å². The molecular weight excluding hydrogens is 340 g/mol. The van der Waals surface area contributed by atoms with Gasteiger partial charge in [-0.3, -0.25) is 0 Å². The Kier molecular flexibility index (Phi) is 6.52. The summed E-state index contributed by atoms with van der Waals surface area (Å²) in [6.45, 7) is 3.56. The normalized spacial score (nSPS) is 10.3. The van der Waals surface area contributed by atoms with Crippen LogP contribution in [0.4, 0.5) is 5.82 Å². The largest absolute Gasteiger partial charge is 0.497 e. The molecule has 0 fully saturated rings. The van der Waals surface area contributed by atoms with Crippen LogP contribution in [0.15, 0.2) is 66.9 Å². The molecule has 0 saturated heterocycles. The lowest BCUT2D eigenvalue weighted by Crippen LogP contribution is -2.11. The number of nitrogens with one attached hydrogen (secondary N) is 1. The Hall–Kier alpha value is -3.21. The summed E-state index contributed by atoms with van der Waals surface area (Å²) in [4.78, 5) is 4.28. The number of aromatic nitrogens is 1. The van der Waals surface area contributed by atoms with Crippen molar-refractivity contribution in [1.29, 1.82) is 0 Å². The molecule has 0 radical (unpaired) electrons. The van der Waals surface area contributed by atoms with Crippen LogP contribution in [-0.4, -0.2) is 25.3 Å². The summed E-state index contributed by atoms with van der Waals surface area (Å²) in [7, 11) is 1.64. The summed E-state index contributed by atoms with van der Waals surface area (Å²) >= 11 is 0. The predicted molar refractivity (Wildman–Crippen MR) is 107 cm³/mol. The van der Waals surface area contributed by atoms with Gasteiger partial charge in [0.25, 0.3) is 0 Å². The fourth-order valence-electron chi connectivity index (χ4n) is 2.61. The lowest BCUT2D eigenvalue weighted by Gasteiger charge is -2.14. The number of rotatable bonds is 9. The highest BCUT2D eigenvalue weighted by atomic mass is 16.5. The Balaban J connectivity index is 1.58. The molecule has 1 aromatic heterocycles. The summed E-state index contributed by atoms with van der Waals surface area (Å²) < 4.78 is 17.0. The van der Waals surface area contributed by atoms with E-state index >= 15 is 0 Å². The topological polar surface area (TPSA) is 52.6 Å². The van der Waals surface area contributed by atoms with E-state index in [9.17, 15) is 0 Å². The second-order valence-corrected chi connectivity index (χ2v) is 6.06. The van der Waals surface area contributed by atoms with Crippen molar-refractivity contribution in [3.05, 3.63) is 78.0 Å². The van der Waals surface area contributed by atoms with Gasteiger partial charge in [-0.15, -0.1) is 0 Å². The number of hydrogen-bond donors (Lipinski definition) is 1. The van der Waals surface area contributed by atoms with Crippen LogP contribution >= 0.6 is 0 Å². The van der Waals surface area contributed by atoms with E-state index in [0.717, 1.165) is 28.6 Å². The van der Waals surface area contributed by atoms with Crippen LogP contribution in [0.3, 0.4) is 0 Å². The molecular formula is C22H24N2O3. The lowest BCUT2D eigenvalue weighted by molar-refractivity contribution is 0.215. The number of methoxy groups -OCH3 is 1. The van der Waals surface area contributed by atoms with Crippen molar-refractivity contribution in [3.8, 4) is 17.2 Å². The maximum atomic E-state index is 5.95. The summed E-state index contributed by atoms with van der Waals surface area (Å²) in [6.07, 6.45) is 1.76. The number of ether oxygens (including phenoxy) is 3. The molecule has 1 heterocycles. The van der Waals surface area contributed by atoms with Gasteiger partial charge in [0.2, 0.25) is 0 Å². The molecule has 0 saturated carbocycles. The lowest BCUT2D eigenvalue weighted by atomic mass is 10.2. The van der Waals surface area contributed by atoms with E-state index in [1.165, 1.54) is 5.56 Å². The number of benzene rings is 2. The van der Waals surface area contributed by atoms with E-state index in [0.29, 0.717) is 19.8 Å². The summed E-state index contributed by atoms with van der Waals surface area (Å²) in [5.41, 5.74) is 2.20. The first-order valence-electron chi connectivity index (χ1n) is 8.88. The van der Waals surface area contributed by atoms with Crippen molar-refractivity contribution in [3.63, 3.8) is 0 Å². The van der Waals surface area contributed by atoms with Crippen LogP contribution in [0.25, 0.3) is 0 Å². The van der Waals surface area contributed by atoms with Gasteiger partial charge in [-0.25, -0.2) is 4.98 Å². The molecule has 0 amide bonds. The van der Waals surface area contributed by atoms with E-state index in [1.54, 1.807) is 13.3 Å². The molecule has 0 aliphatic heterocycles. The monoisotopic (exact) mass is 364 g/mol. The van der Waals surface area contributed by atoms with E-state index < -0.39 is 0 Å². The highest BCUT2D eigenvalue weighted by Crippen LogP contribution is 2.25. The Morgan fingerprint density at radius 2 is 1.78 bits per heavy atom. The number of aryl methyl sites for hydroxylation is 1. The fourth-order valence-corrected chi connectivity index (χ4v) is 2.61. The molecule has 5 heteroatoms. The Morgan fingerprint density at radius 1 is 0.889 bits per heavy atom. The Bertz CT molecular complexity index is 853. The quantitative estimate of drug-likeness (QED) is 0.568. The predicted octanol–water partition coefficient (Wildman–Crippen LogP) is 4.47. The van der Waals surface area contributed by atoms with Gasteiger partial charge in [-0.2, -0.15) is 0 Å². The van der Waals surface area contributed by atoms with Crippen LogP contribution in [0, 0.1) is 6.92 Å². The first kappa shape index (κ1) is 18.6. The third-order valence-corrected chi connectivity index (χ3v) is 4.00. The van der Waals surface area contributed by atoms with Crippen LogP contribution in [0.2, 0.25) is 0 Å². The molecule has 1 N–H and O–H groups in total. The molecule has 2 aromatic carbocycles. The maximum Gasteiger partial charge on any atom is 0.128 e. The molecule has 27 heavy (non-hydrogen) atoms. The van der Waals surface area contributed by atoms with Gasteiger partial charge in [0.05, 0.1) is 7.11 Å². The van der Waals surface area contributed by atoms with Crippen molar-refractivity contribution in [2.75, 3.05) is 25.6 Å². The van der Waals surface area contributed by atoms with Crippen LogP contribution in [0.5, 0.6) is 17.2 Å². The van der Waals surface area contributed by atoms with Gasteiger partial charge >= 0.3 is 0 Å². The zero-order valence-electron chi connectivity index (χ0n) is 15.6. The second kappa shape index (κ2) is 9.48. The number of hydrogen-bond acceptors (Lipinski definition) is 5. The van der Waals surface area contributed by atoms with Crippen molar-refractivity contribution >= 4 is 5.82 Å². The average Bonchev–Trinajstić information content (AvgIpc) is 2.71. The summed E-state index contributed by atoms with van der Waals surface area (Å²) in [5, 5.41) is 3.30. The highest BCUT2D eigenvalue weighted by molar-refractivity contribution is 5.43. The van der Waals surface area contributed by atoms with Gasteiger partial charge in [0.1, 0.15) is 36.3 Å². The minimum Gasteiger partial charge on any atom is -0.497 e. The van der Waals surface area contributed by atoms with Crippen LogP contribution in [-0.2, 0) is 6.54 Å². The zero-order chi connectivity index (χ0) is 18.9. The molecule has 3 rings (SSSR count). The number of anilines is 1. The molecule has 140 valence electrons. The molecule has 0 aliphatic rings. The van der Waals surface area contributed by atoms with E-state index in [2.05, 4.69) is 10.3 Å². The van der Waals surface area contributed by atoms with E-state index in [-0.39, 0.29) is 0 Å². The van der Waals surface area contributed by atoms with E-state index in [4.69, 9.17) is 14.2 Å². The minimum absolute atomic E-state index is 0.442. The zero-order valence-corrected chi connectivity index (χ0v) is 15.6. The highest BCUT2D eigenvalue weighted by Gasteiger charge is 2.07. The fraction of sp³-hybridized carbons (Fsp3) is 0.227. The smallest absolute Gasteiger partial charge is 0.128 e. The van der Waals surface area contributed by atoms with Crippen molar-refractivity contribution < 1.29 is 14.2 Å². The molecule has 0 unspecified atom stereocenters. The first-order valence-corrected chi connectivity index (χ1v) is 8.88. The average molecular weight is 364 g/mol. The second-order valence-electron chi connectivity index (χ2n) is 6.06. The molecule has 3 aromatic rings. The summed E-state index contributed by atoms with van der Waals surface area (Å²) in [6, 6.07) is 19.5. The van der Waals surface area contributed by atoms with Gasteiger partial charge in [0.15, 0.2) is 0 Å². The molecule has 0 atom stereocenters. The Morgan fingerprint density at radius 3 is 2.56 bits per heavy atom. The van der Waals surface area contributed by atoms with Gasteiger partial charge in [0, 0.05) is 24.4 Å². The van der Waals surface area contributed by atoms with Crippen molar-refractivity contribution in [1.82, 2.24) is 4.98 Å². The SMILES string of the molecule is COc1ccc(CNc2ccccn2)c(OCCOc2cccc(C)c2)c1. The van der Waals surface area contributed by atoms with Gasteiger partial charge in [-0.1, -0.05) is 18.2 Å². The standard InChI is InChI=1S/C22H24N2O3/c1-17-6-5-7-20(14-17)26-12-13-27-21-15-19(25-2)10-9-18(21)16-24-22-8-3-4-11-23-22/h3-11,14-15H,12-13,16H2,1-2H3,(H,23,24). The number of nitrogens with zero attached hydrogens (tertiary/aromatic N) is 1. The van der Waals surface area contributed by atoms with Crippen LogP contribution < -0.4 is 19.5 Å². The molecule has 0 spiro atoms. The third kappa shape index (κ3) is 5.64. The molecule has 5 nitrogen and oxygen atoms in total. The van der Waals surface area contributed by atoms with E-state index in [1.807, 2.05) is 67.6 Å². The maximum absolute atomic E-state index is 5.95. The number of pyridine rings is 1. The van der Waals surface area contributed by atoms with Gasteiger partial charge < -0.3 is 19.5 Å². The molecule has 0 bridgehead atoms. The first-order chi connectivity index (χ1) is 13.2. The molecule has 0 aliphatic carbocycles.